The van der Waals surface area contributed by atoms with Crippen molar-refractivity contribution in [3.63, 3.8) is 0 Å². The molecule has 0 bridgehead atoms. The van der Waals surface area contributed by atoms with Crippen molar-refractivity contribution in [2.24, 2.45) is 0 Å². The SMILES string of the molecule is OC[C@H]1O[C@@H](n2cnc3c(-c4cccs4)ccnc32)CCC1O. The second-order valence-corrected chi connectivity index (χ2v) is 6.56. The van der Waals surface area contributed by atoms with Gasteiger partial charge < -0.3 is 14.9 Å². The zero-order chi connectivity index (χ0) is 15.8. The largest absolute Gasteiger partial charge is 0.394 e. The normalized spacial score (nSPS) is 25.0. The van der Waals surface area contributed by atoms with Gasteiger partial charge in [-0.25, -0.2) is 9.97 Å². The van der Waals surface area contributed by atoms with E-state index in [4.69, 9.17) is 4.74 Å². The number of ether oxygens (including phenoxy) is 1. The Labute approximate surface area is 137 Å². The first-order valence-electron chi connectivity index (χ1n) is 7.57. The zero-order valence-corrected chi connectivity index (χ0v) is 13.2. The van der Waals surface area contributed by atoms with Crippen LogP contribution in [0, 0.1) is 0 Å². The van der Waals surface area contributed by atoms with Gasteiger partial charge in [-0.15, -0.1) is 11.3 Å². The van der Waals surface area contributed by atoms with E-state index < -0.39 is 12.2 Å². The van der Waals surface area contributed by atoms with Crippen LogP contribution in [0.15, 0.2) is 36.1 Å². The Balaban J connectivity index is 1.73. The Morgan fingerprint density at radius 2 is 2.22 bits per heavy atom. The van der Waals surface area contributed by atoms with E-state index in [0.29, 0.717) is 12.8 Å². The van der Waals surface area contributed by atoms with Gasteiger partial charge in [0.25, 0.3) is 0 Å². The topological polar surface area (TPSA) is 80.4 Å². The standard InChI is InChI=1S/C16H17N3O3S/c20-8-12-11(21)3-4-14(22-12)19-9-18-15-10(5-6-17-16(15)19)13-2-1-7-23-13/h1-2,5-7,9,11-12,14,20-21H,3-4,8H2/t11?,12-,14-/m1/s1. The number of aliphatic hydroxyl groups excluding tert-OH is 2. The Morgan fingerprint density at radius 3 is 3.00 bits per heavy atom. The summed E-state index contributed by atoms with van der Waals surface area (Å²) in [4.78, 5) is 10.1. The van der Waals surface area contributed by atoms with Crippen LogP contribution in [-0.2, 0) is 4.74 Å². The smallest absolute Gasteiger partial charge is 0.162 e. The van der Waals surface area contributed by atoms with Gasteiger partial charge in [-0.3, -0.25) is 4.57 Å². The molecule has 4 heterocycles. The van der Waals surface area contributed by atoms with Crippen molar-refractivity contribution in [1.82, 2.24) is 14.5 Å². The molecule has 0 saturated carbocycles. The van der Waals surface area contributed by atoms with Gasteiger partial charge in [0.2, 0.25) is 0 Å². The first kappa shape index (κ1) is 14.8. The first-order chi connectivity index (χ1) is 11.3. The number of nitrogens with zero attached hydrogens (tertiary/aromatic N) is 3. The Morgan fingerprint density at radius 1 is 1.30 bits per heavy atom. The van der Waals surface area contributed by atoms with Crippen molar-refractivity contribution < 1.29 is 14.9 Å². The minimum atomic E-state index is -0.624. The number of fused-ring (bicyclic) bond motifs is 1. The van der Waals surface area contributed by atoms with Crippen LogP contribution < -0.4 is 0 Å². The summed E-state index contributed by atoms with van der Waals surface area (Å²) in [5.41, 5.74) is 2.65. The van der Waals surface area contributed by atoms with Gasteiger partial charge in [0, 0.05) is 16.6 Å². The van der Waals surface area contributed by atoms with Crippen molar-refractivity contribution in [3.05, 3.63) is 36.1 Å². The van der Waals surface area contributed by atoms with Gasteiger partial charge in [-0.2, -0.15) is 0 Å². The molecule has 7 heteroatoms. The maximum Gasteiger partial charge on any atom is 0.162 e. The van der Waals surface area contributed by atoms with E-state index in [1.807, 2.05) is 22.1 Å². The highest BCUT2D eigenvalue weighted by molar-refractivity contribution is 7.13. The summed E-state index contributed by atoms with van der Waals surface area (Å²) in [6, 6.07) is 6.04. The monoisotopic (exact) mass is 331 g/mol. The molecular weight excluding hydrogens is 314 g/mol. The molecule has 3 atom stereocenters. The molecule has 1 unspecified atom stereocenters. The van der Waals surface area contributed by atoms with Crippen molar-refractivity contribution in [2.75, 3.05) is 6.61 Å². The second-order valence-electron chi connectivity index (χ2n) is 5.62. The molecule has 0 aliphatic carbocycles. The number of aliphatic hydroxyl groups is 2. The molecule has 6 nitrogen and oxygen atoms in total. The molecule has 0 aromatic carbocycles. The van der Waals surface area contributed by atoms with E-state index in [2.05, 4.69) is 16.0 Å². The van der Waals surface area contributed by atoms with E-state index in [0.717, 1.165) is 21.6 Å². The molecule has 0 spiro atoms. The lowest BCUT2D eigenvalue weighted by Crippen LogP contribution is -2.39. The fourth-order valence-corrected chi connectivity index (χ4v) is 3.76. The summed E-state index contributed by atoms with van der Waals surface area (Å²) in [5.74, 6) is 0. The van der Waals surface area contributed by atoms with Crippen molar-refractivity contribution in [2.45, 2.75) is 31.3 Å². The highest BCUT2D eigenvalue weighted by atomic mass is 32.1. The van der Waals surface area contributed by atoms with Crippen molar-refractivity contribution in [3.8, 4) is 10.4 Å². The fourth-order valence-electron chi connectivity index (χ4n) is 3.00. The maximum atomic E-state index is 9.84. The van der Waals surface area contributed by atoms with E-state index in [1.54, 1.807) is 23.9 Å². The van der Waals surface area contributed by atoms with Gasteiger partial charge in [-0.05, 0) is 30.4 Å². The molecular formula is C16H17N3O3S. The van der Waals surface area contributed by atoms with Gasteiger partial charge in [0.15, 0.2) is 5.65 Å². The third-order valence-electron chi connectivity index (χ3n) is 4.21. The summed E-state index contributed by atoms with van der Waals surface area (Å²) in [6.07, 6.45) is 3.29. The fraction of sp³-hybridized carbons (Fsp3) is 0.375. The number of imidazole rings is 1. The van der Waals surface area contributed by atoms with Gasteiger partial charge in [-0.1, -0.05) is 6.07 Å². The van der Waals surface area contributed by atoms with Gasteiger partial charge >= 0.3 is 0 Å². The minimum absolute atomic E-state index is 0.196. The summed E-state index contributed by atoms with van der Waals surface area (Å²) < 4.78 is 7.71. The van der Waals surface area contributed by atoms with Gasteiger partial charge in [0.05, 0.1) is 19.0 Å². The summed E-state index contributed by atoms with van der Waals surface area (Å²) in [6.45, 7) is -0.196. The van der Waals surface area contributed by atoms with E-state index in [1.165, 1.54) is 0 Å². The average Bonchev–Trinajstić information content (AvgIpc) is 3.24. The lowest BCUT2D eigenvalue weighted by molar-refractivity contribution is -0.158. The molecule has 1 aliphatic heterocycles. The van der Waals surface area contributed by atoms with Crippen LogP contribution in [0.2, 0.25) is 0 Å². The molecule has 1 fully saturated rings. The molecule has 3 aromatic heterocycles. The van der Waals surface area contributed by atoms with Crippen LogP contribution in [-0.4, -0.2) is 43.6 Å². The Bertz CT molecular complexity index is 802. The summed E-state index contributed by atoms with van der Waals surface area (Å²) in [7, 11) is 0. The quantitative estimate of drug-likeness (QED) is 0.769. The average molecular weight is 331 g/mol. The van der Waals surface area contributed by atoms with Crippen LogP contribution in [0.3, 0.4) is 0 Å². The number of thiophene rings is 1. The first-order valence-corrected chi connectivity index (χ1v) is 8.45. The minimum Gasteiger partial charge on any atom is -0.394 e. The number of rotatable bonds is 3. The number of pyridine rings is 1. The summed E-state index contributed by atoms with van der Waals surface area (Å²) in [5, 5.41) is 21.2. The maximum absolute atomic E-state index is 9.84. The highest BCUT2D eigenvalue weighted by Crippen LogP contribution is 2.33. The molecule has 2 N–H and O–H groups in total. The number of hydrogen-bond donors (Lipinski definition) is 2. The molecule has 1 aliphatic rings. The van der Waals surface area contributed by atoms with Crippen LogP contribution in [0.1, 0.15) is 19.1 Å². The van der Waals surface area contributed by atoms with Gasteiger partial charge in [0.1, 0.15) is 17.8 Å². The molecule has 1 saturated heterocycles. The van der Waals surface area contributed by atoms with Crippen LogP contribution in [0.25, 0.3) is 21.6 Å². The second kappa shape index (κ2) is 6.01. The molecule has 23 heavy (non-hydrogen) atoms. The van der Waals surface area contributed by atoms with Crippen LogP contribution in [0.5, 0.6) is 0 Å². The van der Waals surface area contributed by atoms with E-state index in [-0.39, 0.29) is 12.8 Å². The zero-order valence-electron chi connectivity index (χ0n) is 12.4. The highest BCUT2D eigenvalue weighted by Gasteiger charge is 2.31. The lowest BCUT2D eigenvalue weighted by Gasteiger charge is -2.33. The number of hydrogen-bond acceptors (Lipinski definition) is 6. The predicted octanol–water partition coefficient (Wildman–Crippen LogP) is 2.19. The van der Waals surface area contributed by atoms with Crippen molar-refractivity contribution >= 4 is 22.5 Å². The summed E-state index contributed by atoms with van der Waals surface area (Å²) >= 11 is 1.67. The number of aromatic nitrogens is 3. The van der Waals surface area contributed by atoms with E-state index >= 15 is 0 Å². The molecule has 3 aromatic rings. The molecule has 0 radical (unpaired) electrons. The Hall–Kier alpha value is -1.80. The van der Waals surface area contributed by atoms with E-state index in [9.17, 15) is 10.2 Å². The molecule has 120 valence electrons. The third kappa shape index (κ3) is 2.55. The van der Waals surface area contributed by atoms with Crippen LogP contribution in [0.4, 0.5) is 0 Å². The lowest BCUT2D eigenvalue weighted by atomic mass is 10.0. The predicted molar refractivity (Wildman–Crippen MR) is 87.1 cm³/mol. The third-order valence-corrected chi connectivity index (χ3v) is 5.11. The molecule has 0 amide bonds. The molecule has 4 rings (SSSR count). The van der Waals surface area contributed by atoms with Crippen molar-refractivity contribution in [1.29, 1.82) is 0 Å². The van der Waals surface area contributed by atoms with Crippen LogP contribution >= 0.6 is 11.3 Å². The Kier molecular flexibility index (Phi) is 3.86.